The van der Waals surface area contributed by atoms with Crippen molar-refractivity contribution in [3.63, 3.8) is 0 Å². The lowest BCUT2D eigenvalue weighted by Gasteiger charge is -2.24. The molecule has 168 valence electrons. The fourth-order valence-electron chi connectivity index (χ4n) is 3.67. The normalized spacial score (nSPS) is 11.5. The zero-order chi connectivity index (χ0) is 23.8. The molecule has 33 heavy (non-hydrogen) atoms. The first-order chi connectivity index (χ1) is 15.7. The summed E-state index contributed by atoms with van der Waals surface area (Å²) in [7, 11) is 0. The van der Waals surface area contributed by atoms with Crippen LogP contribution < -0.4 is 10.9 Å². The van der Waals surface area contributed by atoms with Gasteiger partial charge in [-0.3, -0.25) is 14.2 Å². The van der Waals surface area contributed by atoms with E-state index in [2.05, 4.69) is 16.4 Å². The van der Waals surface area contributed by atoms with Crippen molar-refractivity contribution in [2.75, 3.05) is 5.32 Å². The van der Waals surface area contributed by atoms with Crippen LogP contribution in [0, 0.1) is 18.3 Å². The van der Waals surface area contributed by atoms with Gasteiger partial charge in [-0.1, -0.05) is 29.8 Å². The van der Waals surface area contributed by atoms with Gasteiger partial charge in [0, 0.05) is 35.6 Å². The molecular formula is C25H25N5O2S. The molecule has 0 saturated carbocycles. The van der Waals surface area contributed by atoms with Gasteiger partial charge in [0.2, 0.25) is 5.91 Å². The summed E-state index contributed by atoms with van der Waals surface area (Å²) in [5.74, 6) is 0.323. The van der Waals surface area contributed by atoms with Gasteiger partial charge in [-0.15, -0.1) is 11.3 Å². The summed E-state index contributed by atoms with van der Waals surface area (Å²) in [6, 6.07) is 11.8. The number of nitrogens with one attached hydrogen (secondary N) is 1. The number of anilines is 1. The van der Waals surface area contributed by atoms with Crippen LogP contribution in [-0.2, 0) is 16.9 Å². The van der Waals surface area contributed by atoms with Crippen LogP contribution in [0.25, 0.3) is 21.3 Å². The van der Waals surface area contributed by atoms with Crippen molar-refractivity contribution in [2.24, 2.45) is 0 Å². The van der Waals surface area contributed by atoms with Gasteiger partial charge < -0.3 is 9.88 Å². The molecule has 4 aromatic rings. The van der Waals surface area contributed by atoms with E-state index in [1.807, 2.05) is 61.9 Å². The first-order valence-electron chi connectivity index (χ1n) is 10.6. The van der Waals surface area contributed by atoms with Crippen molar-refractivity contribution in [3.8, 4) is 17.2 Å². The molecule has 1 N–H and O–H groups in total. The molecule has 0 aliphatic carbocycles. The molecule has 0 aliphatic heterocycles. The lowest BCUT2D eigenvalue weighted by molar-refractivity contribution is -0.116. The highest BCUT2D eigenvalue weighted by Crippen LogP contribution is 2.30. The maximum absolute atomic E-state index is 13.2. The van der Waals surface area contributed by atoms with Crippen molar-refractivity contribution in [1.29, 1.82) is 5.26 Å². The molecule has 0 atom stereocenters. The molecule has 0 fully saturated rings. The molecule has 0 spiro atoms. The van der Waals surface area contributed by atoms with Gasteiger partial charge in [-0.25, -0.2) is 4.98 Å². The summed E-state index contributed by atoms with van der Waals surface area (Å²) in [6.45, 7) is 8.22. The number of amides is 1. The number of nitriles is 1. The minimum Gasteiger partial charge on any atom is -0.328 e. The zero-order valence-electron chi connectivity index (χ0n) is 19.0. The predicted molar refractivity (Wildman–Crippen MR) is 131 cm³/mol. The van der Waals surface area contributed by atoms with Gasteiger partial charge in [-0.2, -0.15) is 5.26 Å². The van der Waals surface area contributed by atoms with Crippen molar-refractivity contribution in [2.45, 2.75) is 46.2 Å². The second-order valence-corrected chi connectivity index (χ2v) is 9.86. The Labute approximate surface area is 195 Å². The van der Waals surface area contributed by atoms with Crippen molar-refractivity contribution >= 4 is 33.3 Å². The van der Waals surface area contributed by atoms with Gasteiger partial charge in [0.05, 0.1) is 17.3 Å². The third-order valence-corrected chi connectivity index (χ3v) is 6.33. The number of benzene rings is 1. The quantitative estimate of drug-likeness (QED) is 0.460. The van der Waals surface area contributed by atoms with E-state index >= 15 is 0 Å². The summed E-state index contributed by atoms with van der Waals surface area (Å²) in [5, 5.41) is 14.6. The Bertz CT molecular complexity index is 1430. The van der Waals surface area contributed by atoms with Crippen LogP contribution in [0.5, 0.6) is 0 Å². The molecule has 3 heterocycles. The highest BCUT2D eigenvalue weighted by atomic mass is 32.1. The van der Waals surface area contributed by atoms with E-state index < -0.39 is 0 Å². The van der Waals surface area contributed by atoms with Crippen LogP contribution in [0.4, 0.5) is 5.82 Å². The maximum Gasteiger partial charge on any atom is 0.262 e. The van der Waals surface area contributed by atoms with Crippen LogP contribution in [0.3, 0.4) is 0 Å². The van der Waals surface area contributed by atoms with Gasteiger partial charge >= 0.3 is 0 Å². The molecular weight excluding hydrogens is 434 g/mol. The van der Waals surface area contributed by atoms with E-state index in [0.717, 1.165) is 16.7 Å². The first-order valence-corrected chi connectivity index (χ1v) is 11.5. The summed E-state index contributed by atoms with van der Waals surface area (Å²) in [5.41, 5.74) is 3.01. The monoisotopic (exact) mass is 459 g/mol. The lowest BCUT2D eigenvalue weighted by Crippen LogP contribution is -2.26. The molecule has 1 amide bonds. The number of aromatic nitrogens is 3. The minimum atomic E-state index is -0.297. The summed E-state index contributed by atoms with van der Waals surface area (Å²) >= 11 is 1.44. The Morgan fingerprint density at radius 1 is 1.24 bits per heavy atom. The summed E-state index contributed by atoms with van der Waals surface area (Å²) in [4.78, 5) is 31.0. The number of fused-ring (bicyclic) bond motifs is 1. The van der Waals surface area contributed by atoms with Gasteiger partial charge in [0.25, 0.3) is 5.56 Å². The molecule has 0 unspecified atom stereocenters. The minimum absolute atomic E-state index is 0.105. The molecule has 4 rings (SSSR count). The second-order valence-electron chi connectivity index (χ2n) is 9.00. The van der Waals surface area contributed by atoms with Gasteiger partial charge in [0.1, 0.15) is 16.7 Å². The van der Waals surface area contributed by atoms with Crippen LogP contribution >= 0.6 is 11.3 Å². The third kappa shape index (κ3) is 4.59. The molecule has 0 bridgehead atoms. The lowest BCUT2D eigenvalue weighted by atomic mass is 10.1. The van der Waals surface area contributed by atoms with Crippen molar-refractivity contribution in [3.05, 3.63) is 69.7 Å². The average molecular weight is 460 g/mol. The van der Waals surface area contributed by atoms with E-state index in [-0.39, 0.29) is 30.0 Å². The third-order valence-electron chi connectivity index (χ3n) is 5.44. The Morgan fingerprint density at radius 3 is 2.64 bits per heavy atom. The second kappa shape index (κ2) is 8.68. The number of thiophene rings is 1. The van der Waals surface area contributed by atoms with Crippen LogP contribution in [0.2, 0.25) is 0 Å². The number of hydrogen-bond acceptors (Lipinski definition) is 5. The van der Waals surface area contributed by atoms with Crippen molar-refractivity contribution in [1.82, 2.24) is 14.1 Å². The fraction of sp³-hybridized carbons (Fsp3) is 0.280. The van der Waals surface area contributed by atoms with Crippen LogP contribution in [-0.4, -0.2) is 20.0 Å². The molecule has 8 heteroatoms. The van der Waals surface area contributed by atoms with Crippen LogP contribution in [0.15, 0.2) is 53.0 Å². The van der Waals surface area contributed by atoms with E-state index in [0.29, 0.717) is 21.6 Å². The Morgan fingerprint density at radius 2 is 1.97 bits per heavy atom. The highest BCUT2D eigenvalue weighted by molar-refractivity contribution is 7.17. The highest BCUT2D eigenvalue weighted by Gasteiger charge is 2.19. The SMILES string of the molecule is Cc1ccc(-c2csc3ncn(CCC(=O)Nc4cc(C#N)cn4C(C)(C)C)c(=O)c23)cc1. The Hall–Kier alpha value is -3.70. The number of hydrogen-bond donors (Lipinski definition) is 1. The molecule has 3 aromatic heterocycles. The number of carbonyl (C=O) groups excluding carboxylic acids is 1. The fourth-order valence-corrected chi connectivity index (χ4v) is 4.58. The Balaban J connectivity index is 1.55. The number of rotatable bonds is 5. The first kappa shape index (κ1) is 22.5. The maximum atomic E-state index is 13.2. The van der Waals surface area contributed by atoms with Crippen molar-refractivity contribution < 1.29 is 4.79 Å². The van der Waals surface area contributed by atoms with E-state index in [1.54, 1.807) is 12.3 Å². The van der Waals surface area contributed by atoms with Crippen LogP contribution in [0.1, 0.15) is 38.3 Å². The van der Waals surface area contributed by atoms with Gasteiger partial charge in [-0.05, 0) is 39.3 Å². The largest absolute Gasteiger partial charge is 0.328 e. The zero-order valence-corrected chi connectivity index (χ0v) is 19.9. The Kier molecular flexibility index (Phi) is 5.91. The predicted octanol–water partition coefficient (Wildman–Crippen LogP) is 4.89. The number of nitrogens with zero attached hydrogens (tertiary/aromatic N) is 4. The molecule has 1 aromatic carbocycles. The molecule has 0 aliphatic rings. The number of carbonyl (C=O) groups is 1. The molecule has 0 saturated heterocycles. The average Bonchev–Trinajstić information content (AvgIpc) is 3.38. The smallest absolute Gasteiger partial charge is 0.262 e. The summed E-state index contributed by atoms with van der Waals surface area (Å²) in [6.07, 6.45) is 3.33. The van der Waals surface area contributed by atoms with E-state index in [9.17, 15) is 14.9 Å². The van der Waals surface area contributed by atoms with Gasteiger partial charge in [0.15, 0.2) is 0 Å². The standard InChI is InChI=1S/C25H25N5O2S/c1-16-5-7-18(8-6-16)19-14-33-23-22(19)24(32)29(15-27-23)10-9-21(31)28-20-11-17(12-26)13-30(20)25(2,3)4/h5-8,11,13-15H,9-10H2,1-4H3,(H,28,31). The molecule has 7 nitrogen and oxygen atoms in total. The van der Waals surface area contributed by atoms with E-state index in [1.165, 1.54) is 22.2 Å². The molecule has 0 radical (unpaired) electrons. The topological polar surface area (TPSA) is 92.7 Å². The summed E-state index contributed by atoms with van der Waals surface area (Å²) < 4.78 is 3.35. The number of aryl methyl sites for hydroxylation is 2. The van der Waals surface area contributed by atoms with E-state index in [4.69, 9.17) is 0 Å².